The SMILES string of the molecule is COC(=O)c1ccc2c(c1)C1OC2c2cc(C3CC3)c(C3CC3)cc21. The summed E-state index contributed by atoms with van der Waals surface area (Å²) in [6.07, 6.45) is 5.35. The molecule has 2 bridgehead atoms. The summed E-state index contributed by atoms with van der Waals surface area (Å²) in [6, 6.07) is 10.7. The molecule has 3 heteroatoms. The molecule has 0 aromatic heterocycles. The fourth-order valence-electron chi connectivity index (χ4n) is 4.67. The molecule has 2 aliphatic heterocycles. The van der Waals surface area contributed by atoms with Gasteiger partial charge in [-0.05, 0) is 83.0 Å². The number of rotatable bonds is 3. The molecule has 2 aromatic carbocycles. The number of benzene rings is 2. The van der Waals surface area contributed by atoms with E-state index >= 15 is 0 Å². The van der Waals surface area contributed by atoms with Crippen molar-refractivity contribution in [3.8, 4) is 0 Å². The summed E-state index contributed by atoms with van der Waals surface area (Å²) in [5, 5.41) is 0. The summed E-state index contributed by atoms with van der Waals surface area (Å²) in [5.74, 6) is 1.26. The van der Waals surface area contributed by atoms with Crippen LogP contribution >= 0.6 is 0 Å². The van der Waals surface area contributed by atoms with Crippen LogP contribution < -0.4 is 0 Å². The third-order valence-electron chi connectivity index (χ3n) is 6.23. The Morgan fingerprint density at radius 2 is 1.40 bits per heavy atom. The molecule has 2 atom stereocenters. The zero-order valence-electron chi connectivity index (χ0n) is 14.2. The van der Waals surface area contributed by atoms with Crippen LogP contribution in [0.4, 0.5) is 0 Å². The summed E-state index contributed by atoms with van der Waals surface area (Å²) < 4.78 is 11.2. The molecule has 2 aliphatic carbocycles. The van der Waals surface area contributed by atoms with Crippen LogP contribution in [0.5, 0.6) is 0 Å². The van der Waals surface area contributed by atoms with E-state index in [1.165, 1.54) is 49.5 Å². The minimum atomic E-state index is -0.284. The van der Waals surface area contributed by atoms with E-state index < -0.39 is 0 Å². The van der Waals surface area contributed by atoms with Gasteiger partial charge in [0.25, 0.3) is 0 Å². The minimum absolute atomic E-state index is 0.0228. The Kier molecular flexibility index (Phi) is 2.67. The van der Waals surface area contributed by atoms with Crippen LogP contribution in [0.2, 0.25) is 0 Å². The Hall–Kier alpha value is -2.13. The Morgan fingerprint density at radius 3 is 1.96 bits per heavy atom. The first-order valence-corrected chi connectivity index (χ1v) is 9.30. The van der Waals surface area contributed by atoms with Gasteiger partial charge in [0.05, 0.1) is 12.7 Å². The number of methoxy groups -OCH3 is 1. The van der Waals surface area contributed by atoms with E-state index in [4.69, 9.17) is 9.47 Å². The first-order chi connectivity index (χ1) is 12.2. The average molecular weight is 332 g/mol. The lowest BCUT2D eigenvalue weighted by atomic mass is 9.82. The van der Waals surface area contributed by atoms with Gasteiger partial charge in [0, 0.05) is 0 Å². The summed E-state index contributed by atoms with van der Waals surface area (Å²) in [7, 11) is 1.43. The van der Waals surface area contributed by atoms with Gasteiger partial charge in [-0.25, -0.2) is 4.79 Å². The molecular weight excluding hydrogens is 312 g/mol. The third-order valence-corrected chi connectivity index (χ3v) is 6.23. The number of hydrogen-bond donors (Lipinski definition) is 0. The molecule has 6 rings (SSSR count). The molecule has 0 amide bonds. The highest BCUT2D eigenvalue weighted by Crippen LogP contribution is 2.58. The maximum Gasteiger partial charge on any atom is 0.337 e. The predicted molar refractivity (Wildman–Crippen MR) is 92.9 cm³/mol. The molecule has 126 valence electrons. The van der Waals surface area contributed by atoms with Gasteiger partial charge in [-0.15, -0.1) is 0 Å². The lowest BCUT2D eigenvalue weighted by Gasteiger charge is -2.20. The number of carbonyl (C=O) groups is 1. The van der Waals surface area contributed by atoms with E-state index in [0.29, 0.717) is 5.56 Å². The normalized spacial score (nSPS) is 25.6. The van der Waals surface area contributed by atoms with Gasteiger partial charge >= 0.3 is 5.97 Å². The maximum absolute atomic E-state index is 11.9. The van der Waals surface area contributed by atoms with Crippen molar-refractivity contribution in [2.24, 2.45) is 0 Å². The summed E-state index contributed by atoms with van der Waals surface area (Å²) in [6.45, 7) is 0. The highest BCUT2D eigenvalue weighted by Gasteiger charge is 2.45. The molecular formula is C22H20O3. The molecule has 3 nitrogen and oxygen atoms in total. The Balaban J connectivity index is 1.48. The standard InChI is InChI=1S/C22H20O3/c1-24-22(23)13-6-7-14-17(8-13)21-19-10-16(12-4-5-12)15(11-2-3-11)9-18(19)20(14)25-21/h6-12,20-21H,2-5H2,1H3. The zero-order chi connectivity index (χ0) is 16.7. The molecule has 2 unspecified atom stereocenters. The van der Waals surface area contributed by atoms with Crippen LogP contribution in [0, 0.1) is 0 Å². The zero-order valence-corrected chi connectivity index (χ0v) is 14.2. The lowest BCUT2D eigenvalue weighted by Crippen LogP contribution is -2.08. The van der Waals surface area contributed by atoms with E-state index in [1.807, 2.05) is 18.2 Å². The fourth-order valence-corrected chi connectivity index (χ4v) is 4.67. The Labute approximate surface area is 147 Å². The summed E-state index contributed by atoms with van der Waals surface area (Å²) >= 11 is 0. The second-order valence-corrected chi connectivity index (χ2v) is 7.89. The van der Waals surface area contributed by atoms with E-state index in [2.05, 4.69) is 12.1 Å². The average Bonchev–Trinajstić information content (AvgIpc) is 3.57. The van der Waals surface area contributed by atoms with Crippen LogP contribution in [0.3, 0.4) is 0 Å². The van der Waals surface area contributed by atoms with Gasteiger partial charge in [0.15, 0.2) is 0 Å². The van der Waals surface area contributed by atoms with Gasteiger partial charge in [-0.2, -0.15) is 0 Å². The fraction of sp³-hybridized carbons (Fsp3) is 0.409. The monoisotopic (exact) mass is 332 g/mol. The van der Waals surface area contributed by atoms with E-state index in [-0.39, 0.29) is 18.2 Å². The summed E-state index contributed by atoms with van der Waals surface area (Å²) in [4.78, 5) is 11.9. The van der Waals surface area contributed by atoms with Crippen LogP contribution in [0.25, 0.3) is 0 Å². The van der Waals surface area contributed by atoms with Gasteiger partial charge in [-0.3, -0.25) is 0 Å². The van der Waals surface area contributed by atoms with Crippen molar-refractivity contribution in [1.82, 2.24) is 0 Å². The van der Waals surface area contributed by atoms with Crippen molar-refractivity contribution in [1.29, 1.82) is 0 Å². The number of esters is 1. The lowest BCUT2D eigenvalue weighted by molar-refractivity contribution is 0.0600. The van der Waals surface area contributed by atoms with Crippen molar-refractivity contribution >= 4 is 5.97 Å². The highest BCUT2D eigenvalue weighted by atomic mass is 16.5. The van der Waals surface area contributed by atoms with Gasteiger partial charge < -0.3 is 9.47 Å². The molecule has 25 heavy (non-hydrogen) atoms. The topological polar surface area (TPSA) is 35.5 Å². The van der Waals surface area contributed by atoms with Crippen LogP contribution in [-0.2, 0) is 9.47 Å². The smallest absolute Gasteiger partial charge is 0.337 e. The predicted octanol–water partition coefficient (Wildman–Crippen LogP) is 4.75. The molecule has 2 fully saturated rings. The van der Waals surface area contributed by atoms with E-state index in [9.17, 15) is 4.79 Å². The molecule has 2 aromatic rings. The first-order valence-electron chi connectivity index (χ1n) is 9.30. The van der Waals surface area contributed by atoms with Crippen molar-refractivity contribution in [3.05, 3.63) is 69.3 Å². The summed E-state index contributed by atoms with van der Waals surface area (Å²) in [5.41, 5.74) is 8.80. The molecule has 2 heterocycles. The van der Waals surface area contributed by atoms with Gasteiger partial charge in [-0.1, -0.05) is 18.2 Å². The molecule has 0 spiro atoms. The van der Waals surface area contributed by atoms with Gasteiger partial charge in [0.2, 0.25) is 0 Å². The second-order valence-electron chi connectivity index (χ2n) is 7.89. The molecule has 0 N–H and O–H groups in total. The largest absolute Gasteiger partial charge is 0.465 e. The highest BCUT2D eigenvalue weighted by molar-refractivity contribution is 5.90. The van der Waals surface area contributed by atoms with Crippen molar-refractivity contribution in [2.45, 2.75) is 49.7 Å². The van der Waals surface area contributed by atoms with Crippen LogP contribution in [0.15, 0.2) is 30.3 Å². The third kappa shape index (κ3) is 1.93. The van der Waals surface area contributed by atoms with Crippen molar-refractivity contribution in [3.63, 3.8) is 0 Å². The molecule has 0 saturated heterocycles. The number of hydrogen-bond acceptors (Lipinski definition) is 3. The number of carbonyl (C=O) groups excluding carboxylic acids is 1. The van der Waals surface area contributed by atoms with Gasteiger partial charge in [0.1, 0.15) is 12.2 Å². The van der Waals surface area contributed by atoms with E-state index in [0.717, 1.165) is 17.4 Å². The Morgan fingerprint density at radius 1 is 0.840 bits per heavy atom. The number of ether oxygens (including phenoxy) is 2. The van der Waals surface area contributed by atoms with Crippen LogP contribution in [0.1, 0.15) is 93.5 Å². The van der Waals surface area contributed by atoms with Crippen molar-refractivity contribution in [2.75, 3.05) is 7.11 Å². The Bertz CT molecular complexity index is 921. The molecule has 0 radical (unpaired) electrons. The second kappa shape index (κ2) is 4.73. The van der Waals surface area contributed by atoms with E-state index in [1.54, 1.807) is 11.1 Å². The quantitative estimate of drug-likeness (QED) is 0.761. The van der Waals surface area contributed by atoms with Crippen molar-refractivity contribution < 1.29 is 14.3 Å². The maximum atomic E-state index is 11.9. The first kappa shape index (κ1) is 14.1. The minimum Gasteiger partial charge on any atom is -0.465 e. The number of fused-ring (bicyclic) bond motifs is 8. The molecule has 2 saturated carbocycles. The molecule has 4 aliphatic rings. The van der Waals surface area contributed by atoms with Crippen LogP contribution in [-0.4, -0.2) is 13.1 Å².